The summed E-state index contributed by atoms with van der Waals surface area (Å²) < 4.78 is 30.9. The standard InChI is InChI=1S/C17H14ClNO3S/c1-2-22-12-8-9-15-14(10-12)17(18)16(11-19-15)23(20,21)13-6-4-3-5-7-13/h3-11H,2H2,1H3. The smallest absolute Gasteiger partial charge is 0.209 e. The van der Waals surface area contributed by atoms with Gasteiger partial charge in [0.2, 0.25) is 9.84 Å². The molecule has 0 atom stereocenters. The van der Waals surface area contributed by atoms with E-state index in [1.807, 2.05) is 6.92 Å². The van der Waals surface area contributed by atoms with Gasteiger partial charge in [-0.2, -0.15) is 0 Å². The van der Waals surface area contributed by atoms with Gasteiger partial charge in [-0.1, -0.05) is 29.8 Å². The lowest BCUT2D eigenvalue weighted by Crippen LogP contribution is -2.04. The fourth-order valence-electron chi connectivity index (χ4n) is 2.29. The SMILES string of the molecule is CCOc1ccc2ncc(S(=O)(=O)c3ccccc3)c(Cl)c2c1. The van der Waals surface area contributed by atoms with E-state index < -0.39 is 9.84 Å². The monoisotopic (exact) mass is 347 g/mol. The fourth-order valence-corrected chi connectivity index (χ4v) is 4.10. The Morgan fingerprint density at radius 1 is 1.13 bits per heavy atom. The average molecular weight is 348 g/mol. The largest absolute Gasteiger partial charge is 0.494 e. The van der Waals surface area contributed by atoms with Crippen LogP contribution in [-0.4, -0.2) is 20.0 Å². The minimum atomic E-state index is -3.72. The number of pyridine rings is 1. The van der Waals surface area contributed by atoms with Gasteiger partial charge < -0.3 is 4.74 Å². The molecule has 0 fully saturated rings. The van der Waals surface area contributed by atoms with Crippen molar-refractivity contribution >= 4 is 32.3 Å². The average Bonchev–Trinajstić information content (AvgIpc) is 2.56. The first-order valence-electron chi connectivity index (χ1n) is 7.05. The van der Waals surface area contributed by atoms with Crippen LogP contribution in [0.1, 0.15) is 6.92 Å². The fraction of sp³-hybridized carbons (Fsp3) is 0.118. The summed E-state index contributed by atoms with van der Waals surface area (Å²) in [6.07, 6.45) is 1.30. The van der Waals surface area contributed by atoms with Crippen LogP contribution in [-0.2, 0) is 9.84 Å². The Bertz CT molecular complexity index is 956. The third-order valence-electron chi connectivity index (χ3n) is 3.40. The number of fused-ring (bicyclic) bond motifs is 1. The molecule has 23 heavy (non-hydrogen) atoms. The van der Waals surface area contributed by atoms with Gasteiger partial charge in [-0.05, 0) is 37.3 Å². The molecule has 1 aromatic heterocycles. The van der Waals surface area contributed by atoms with Crippen LogP contribution in [0.5, 0.6) is 5.75 Å². The lowest BCUT2D eigenvalue weighted by atomic mass is 10.2. The Morgan fingerprint density at radius 3 is 2.57 bits per heavy atom. The molecule has 0 radical (unpaired) electrons. The number of aromatic nitrogens is 1. The molecule has 118 valence electrons. The van der Waals surface area contributed by atoms with E-state index in [-0.39, 0.29) is 14.8 Å². The number of nitrogens with zero attached hydrogens (tertiary/aromatic N) is 1. The molecule has 3 aromatic rings. The Balaban J connectivity index is 2.21. The molecule has 0 saturated carbocycles. The van der Waals surface area contributed by atoms with Crippen molar-refractivity contribution in [3.63, 3.8) is 0 Å². The number of rotatable bonds is 4. The summed E-state index contributed by atoms with van der Waals surface area (Å²) in [6, 6.07) is 13.4. The Morgan fingerprint density at radius 2 is 1.87 bits per heavy atom. The number of halogens is 1. The lowest BCUT2D eigenvalue weighted by molar-refractivity contribution is 0.340. The van der Waals surface area contributed by atoms with E-state index in [0.29, 0.717) is 23.3 Å². The first kappa shape index (κ1) is 15.8. The maximum atomic E-state index is 12.8. The zero-order chi connectivity index (χ0) is 16.4. The minimum Gasteiger partial charge on any atom is -0.494 e. The molecular weight excluding hydrogens is 334 g/mol. The van der Waals surface area contributed by atoms with Gasteiger partial charge in [0.25, 0.3) is 0 Å². The van der Waals surface area contributed by atoms with Crippen LogP contribution >= 0.6 is 11.6 Å². The van der Waals surface area contributed by atoms with Crippen molar-refractivity contribution in [2.24, 2.45) is 0 Å². The summed E-state index contributed by atoms with van der Waals surface area (Å²) in [5.74, 6) is 0.623. The Labute approximate surface area is 139 Å². The number of hydrogen-bond acceptors (Lipinski definition) is 4. The van der Waals surface area contributed by atoms with E-state index >= 15 is 0 Å². The van der Waals surface area contributed by atoms with Gasteiger partial charge in [0.05, 0.1) is 22.0 Å². The molecule has 4 nitrogen and oxygen atoms in total. The number of sulfone groups is 1. The van der Waals surface area contributed by atoms with E-state index in [1.54, 1.807) is 36.4 Å². The zero-order valence-corrected chi connectivity index (χ0v) is 13.9. The van der Waals surface area contributed by atoms with E-state index in [1.165, 1.54) is 18.3 Å². The zero-order valence-electron chi connectivity index (χ0n) is 12.4. The lowest BCUT2D eigenvalue weighted by Gasteiger charge is -2.10. The van der Waals surface area contributed by atoms with Crippen molar-refractivity contribution in [3.05, 3.63) is 59.8 Å². The Kier molecular flexibility index (Phi) is 4.24. The summed E-state index contributed by atoms with van der Waals surface area (Å²) in [5, 5.41) is 0.704. The number of benzene rings is 2. The molecule has 2 aromatic carbocycles. The van der Waals surface area contributed by atoms with Crippen LogP contribution in [0.2, 0.25) is 5.02 Å². The van der Waals surface area contributed by atoms with Crippen LogP contribution in [0.25, 0.3) is 10.9 Å². The summed E-state index contributed by atoms with van der Waals surface area (Å²) in [6.45, 7) is 2.39. The highest BCUT2D eigenvalue weighted by Crippen LogP contribution is 2.34. The van der Waals surface area contributed by atoms with E-state index in [2.05, 4.69) is 4.98 Å². The van der Waals surface area contributed by atoms with Crippen molar-refractivity contribution in [1.29, 1.82) is 0 Å². The van der Waals surface area contributed by atoms with Gasteiger partial charge >= 0.3 is 0 Å². The first-order valence-corrected chi connectivity index (χ1v) is 8.91. The second kappa shape index (κ2) is 6.18. The molecule has 1 heterocycles. The minimum absolute atomic E-state index is 0.00786. The molecule has 0 aliphatic rings. The predicted molar refractivity (Wildman–Crippen MR) is 89.8 cm³/mol. The van der Waals surface area contributed by atoms with Gasteiger partial charge in [0.1, 0.15) is 10.6 Å². The topological polar surface area (TPSA) is 56.3 Å². The van der Waals surface area contributed by atoms with Gasteiger partial charge in [-0.15, -0.1) is 0 Å². The molecule has 0 saturated heterocycles. The molecule has 0 bridgehead atoms. The first-order chi connectivity index (χ1) is 11.0. The van der Waals surface area contributed by atoms with E-state index in [0.717, 1.165) is 0 Å². The van der Waals surface area contributed by atoms with Gasteiger partial charge in [0, 0.05) is 11.6 Å². The Hall–Kier alpha value is -2.11. The molecule has 0 aliphatic heterocycles. The van der Waals surface area contributed by atoms with Crippen molar-refractivity contribution in [2.45, 2.75) is 16.7 Å². The van der Waals surface area contributed by atoms with Gasteiger partial charge in [0.15, 0.2) is 0 Å². The third kappa shape index (κ3) is 2.90. The summed E-state index contributed by atoms with van der Waals surface area (Å²) in [5.41, 5.74) is 0.616. The van der Waals surface area contributed by atoms with Crippen molar-refractivity contribution in [3.8, 4) is 5.75 Å². The van der Waals surface area contributed by atoms with Crippen LogP contribution < -0.4 is 4.74 Å². The molecule has 0 amide bonds. The van der Waals surface area contributed by atoms with E-state index in [9.17, 15) is 8.42 Å². The molecule has 0 spiro atoms. The van der Waals surface area contributed by atoms with Crippen LogP contribution in [0, 0.1) is 0 Å². The molecule has 3 rings (SSSR count). The highest BCUT2D eigenvalue weighted by atomic mass is 35.5. The van der Waals surface area contributed by atoms with Crippen molar-refractivity contribution < 1.29 is 13.2 Å². The van der Waals surface area contributed by atoms with Crippen molar-refractivity contribution in [1.82, 2.24) is 4.98 Å². The second-order valence-electron chi connectivity index (χ2n) is 4.86. The van der Waals surface area contributed by atoms with Crippen LogP contribution in [0.4, 0.5) is 0 Å². The highest BCUT2D eigenvalue weighted by molar-refractivity contribution is 7.91. The second-order valence-corrected chi connectivity index (χ2v) is 7.16. The van der Waals surface area contributed by atoms with Gasteiger partial charge in [-0.3, -0.25) is 4.98 Å². The molecule has 0 N–H and O–H groups in total. The predicted octanol–water partition coefficient (Wildman–Crippen LogP) is 4.12. The van der Waals surface area contributed by atoms with Crippen LogP contribution in [0.3, 0.4) is 0 Å². The molecule has 0 unspecified atom stereocenters. The molecular formula is C17H14ClNO3S. The number of ether oxygens (including phenoxy) is 1. The third-order valence-corrected chi connectivity index (χ3v) is 5.70. The summed E-state index contributed by atoms with van der Waals surface area (Å²) >= 11 is 6.37. The quantitative estimate of drug-likeness (QED) is 0.712. The highest BCUT2D eigenvalue weighted by Gasteiger charge is 2.22. The summed E-state index contributed by atoms with van der Waals surface area (Å²) in [7, 11) is -3.72. The maximum Gasteiger partial charge on any atom is 0.209 e. The van der Waals surface area contributed by atoms with Gasteiger partial charge in [-0.25, -0.2) is 8.42 Å². The van der Waals surface area contributed by atoms with Crippen LogP contribution in [0.15, 0.2) is 64.5 Å². The molecule has 6 heteroatoms. The number of hydrogen-bond donors (Lipinski definition) is 0. The summed E-state index contributed by atoms with van der Waals surface area (Å²) in [4.78, 5) is 4.39. The van der Waals surface area contributed by atoms with E-state index in [4.69, 9.17) is 16.3 Å². The maximum absolute atomic E-state index is 12.8. The molecule has 0 aliphatic carbocycles. The normalized spacial score (nSPS) is 11.6. The van der Waals surface area contributed by atoms with Crippen molar-refractivity contribution in [2.75, 3.05) is 6.61 Å².